The van der Waals surface area contributed by atoms with Crippen molar-refractivity contribution in [1.29, 1.82) is 0 Å². The van der Waals surface area contributed by atoms with E-state index >= 15 is 0 Å². The van der Waals surface area contributed by atoms with Crippen LogP contribution in [-0.4, -0.2) is 27.6 Å². The monoisotopic (exact) mass is 383 g/mol. The quantitative estimate of drug-likeness (QED) is 0.718. The Labute approximate surface area is 160 Å². The fourth-order valence-electron chi connectivity index (χ4n) is 3.83. The van der Waals surface area contributed by atoms with Gasteiger partial charge in [-0.25, -0.2) is 9.78 Å². The highest BCUT2D eigenvalue weighted by molar-refractivity contribution is 7.20. The lowest BCUT2D eigenvalue weighted by Gasteiger charge is -2.36. The zero-order valence-electron chi connectivity index (χ0n) is 15.5. The molecule has 0 spiro atoms. The molecule has 1 aliphatic rings. The van der Waals surface area contributed by atoms with Crippen molar-refractivity contribution in [3.63, 3.8) is 0 Å². The van der Waals surface area contributed by atoms with Crippen LogP contribution in [0.15, 0.2) is 23.0 Å². The average Bonchev–Trinajstić information content (AvgIpc) is 2.98. The van der Waals surface area contributed by atoms with E-state index in [1.807, 2.05) is 6.92 Å². The Balaban J connectivity index is 1.81. The van der Waals surface area contributed by atoms with E-state index in [0.29, 0.717) is 21.6 Å². The van der Waals surface area contributed by atoms with Crippen molar-refractivity contribution in [3.8, 4) is 0 Å². The van der Waals surface area contributed by atoms with Gasteiger partial charge in [-0.15, -0.1) is 11.3 Å². The first kappa shape index (κ1) is 17.7. The summed E-state index contributed by atoms with van der Waals surface area (Å²) in [6.07, 6.45) is 2.10. The number of nitrogens with zero attached hydrogens (tertiary/aromatic N) is 2. The van der Waals surface area contributed by atoms with Crippen LogP contribution in [0.2, 0.25) is 0 Å². The maximum Gasteiger partial charge on any atom is 0.346 e. The van der Waals surface area contributed by atoms with Crippen molar-refractivity contribution < 1.29 is 9.90 Å². The molecule has 0 bridgehead atoms. The van der Waals surface area contributed by atoms with Gasteiger partial charge < -0.3 is 15.0 Å². The molecule has 0 saturated heterocycles. The highest BCUT2D eigenvalue weighted by Gasteiger charge is 2.26. The summed E-state index contributed by atoms with van der Waals surface area (Å²) in [6.45, 7) is 6.65. The number of nitrogens with one attached hydrogen (secondary N) is 1. The number of aromatic carboxylic acids is 1. The van der Waals surface area contributed by atoms with Crippen LogP contribution in [0.4, 0.5) is 5.69 Å². The van der Waals surface area contributed by atoms with E-state index in [1.165, 1.54) is 16.8 Å². The number of fused-ring (bicyclic) bond motifs is 2. The van der Waals surface area contributed by atoms with Crippen LogP contribution in [-0.2, 0) is 6.42 Å². The summed E-state index contributed by atoms with van der Waals surface area (Å²) in [5.74, 6) is -0.454. The Morgan fingerprint density at radius 2 is 2.15 bits per heavy atom. The summed E-state index contributed by atoms with van der Waals surface area (Å²) >= 11 is 1.06. The van der Waals surface area contributed by atoms with Crippen molar-refractivity contribution in [2.24, 2.45) is 0 Å². The van der Waals surface area contributed by atoms with Crippen LogP contribution in [0.3, 0.4) is 0 Å². The molecule has 2 aromatic heterocycles. The lowest BCUT2D eigenvalue weighted by Crippen LogP contribution is -2.34. The molecule has 1 aliphatic heterocycles. The number of rotatable bonds is 3. The van der Waals surface area contributed by atoms with Crippen LogP contribution in [0.1, 0.15) is 51.6 Å². The van der Waals surface area contributed by atoms with Crippen LogP contribution < -0.4 is 10.5 Å². The molecular formula is C20H21N3O3S. The van der Waals surface area contributed by atoms with Crippen LogP contribution in [0.25, 0.3) is 10.2 Å². The molecule has 0 radical (unpaired) electrons. The highest BCUT2D eigenvalue weighted by Crippen LogP contribution is 2.34. The van der Waals surface area contributed by atoms with E-state index < -0.39 is 5.97 Å². The Morgan fingerprint density at radius 1 is 1.37 bits per heavy atom. The Morgan fingerprint density at radius 3 is 2.89 bits per heavy atom. The predicted octanol–water partition coefficient (Wildman–Crippen LogP) is 3.81. The maximum atomic E-state index is 12.6. The molecule has 6 nitrogen and oxygen atoms in total. The Kier molecular flexibility index (Phi) is 4.26. The number of H-pyrrole nitrogens is 1. The second kappa shape index (κ2) is 6.49. The third kappa shape index (κ3) is 2.92. The van der Waals surface area contributed by atoms with E-state index in [4.69, 9.17) is 0 Å². The van der Waals surface area contributed by atoms with Crippen molar-refractivity contribution in [3.05, 3.63) is 55.9 Å². The van der Waals surface area contributed by atoms with Gasteiger partial charge in [0.15, 0.2) is 0 Å². The fraction of sp³-hybridized carbons (Fsp3) is 0.350. The highest BCUT2D eigenvalue weighted by atomic mass is 32.1. The topological polar surface area (TPSA) is 86.3 Å². The average molecular weight is 383 g/mol. The molecule has 3 heterocycles. The molecule has 1 aromatic carbocycles. The maximum absolute atomic E-state index is 12.6. The molecule has 4 rings (SSSR count). The van der Waals surface area contributed by atoms with E-state index in [2.05, 4.69) is 40.0 Å². The van der Waals surface area contributed by atoms with Gasteiger partial charge in [-0.2, -0.15) is 0 Å². The van der Waals surface area contributed by atoms with Gasteiger partial charge in [0.25, 0.3) is 5.56 Å². The smallest absolute Gasteiger partial charge is 0.346 e. The largest absolute Gasteiger partial charge is 0.477 e. The number of aryl methyl sites for hydroxylation is 3. The minimum atomic E-state index is -1.02. The first-order valence-corrected chi connectivity index (χ1v) is 9.81. The van der Waals surface area contributed by atoms with Crippen molar-refractivity contribution in [2.45, 2.75) is 39.7 Å². The van der Waals surface area contributed by atoms with Gasteiger partial charge >= 0.3 is 5.97 Å². The van der Waals surface area contributed by atoms with Crippen LogP contribution in [0, 0.1) is 13.8 Å². The third-order valence-corrected chi connectivity index (χ3v) is 6.45. The van der Waals surface area contributed by atoms with E-state index in [-0.39, 0.29) is 16.5 Å². The second-order valence-electron chi connectivity index (χ2n) is 7.10. The first-order chi connectivity index (χ1) is 12.9. The number of carboxylic acids is 1. The minimum absolute atomic E-state index is 0.112. The summed E-state index contributed by atoms with van der Waals surface area (Å²) < 4.78 is 0. The van der Waals surface area contributed by atoms with Gasteiger partial charge in [0.05, 0.1) is 11.4 Å². The SMILES string of the molecule is Cc1ccc2c(c1)N(C(C)c1nc3sc(C(=O)O)c(C)c3c(=O)[nH]1)CCC2. The number of hydrogen-bond acceptors (Lipinski definition) is 5. The zero-order valence-corrected chi connectivity index (χ0v) is 16.3. The van der Waals surface area contributed by atoms with E-state index in [1.54, 1.807) is 6.92 Å². The summed E-state index contributed by atoms with van der Waals surface area (Å²) in [6, 6.07) is 6.36. The number of anilines is 1. The number of carbonyl (C=O) groups is 1. The zero-order chi connectivity index (χ0) is 19.3. The van der Waals surface area contributed by atoms with E-state index in [0.717, 1.165) is 30.7 Å². The third-order valence-electron chi connectivity index (χ3n) is 5.27. The summed E-state index contributed by atoms with van der Waals surface area (Å²) in [5, 5.41) is 9.72. The van der Waals surface area contributed by atoms with Crippen LogP contribution in [0.5, 0.6) is 0 Å². The van der Waals surface area contributed by atoms with Gasteiger partial charge in [-0.05, 0) is 56.4 Å². The molecule has 0 amide bonds. The van der Waals surface area contributed by atoms with Gasteiger partial charge in [-0.1, -0.05) is 12.1 Å². The second-order valence-corrected chi connectivity index (χ2v) is 8.10. The first-order valence-electron chi connectivity index (χ1n) is 8.99. The molecule has 7 heteroatoms. The normalized spacial score (nSPS) is 15.0. The molecule has 140 valence electrons. The standard InChI is InChI=1S/C20H21N3O3S/c1-10-6-7-13-5-4-8-23(14(13)9-10)12(3)17-21-18(24)15-11(2)16(20(25)26)27-19(15)22-17/h6-7,9,12H,4-5,8H2,1-3H3,(H,25,26)(H,21,22,24). The molecule has 0 saturated carbocycles. The van der Waals surface area contributed by atoms with E-state index in [9.17, 15) is 14.7 Å². The lowest BCUT2D eigenvalue weighted by molar-refractivity contribution is 0.0701. The number of carboxylic acid groups (broad SMARTS) is 1. The number of hydrogen-bond donors (Lipinski definition) is 2. The molecule has 1 atom stereocenters. The molecule has 27 heavy (non-hydrogen) atoms. The molecule has 2 N–H and O–H groups in total. The minimum Gasteiger partial charge on any atom is -0.477 e. The van der Waals surface area contributed by atoms with Gasteiger partial charge in [-0.3, -0.25) is 4.79 Å². The number of thiophene rings is 1. The Hall–Kier alpha value is -2.67. The summed E-state index contributed by atoms with van der Waals surface area (Å²) in [7, 11) is 0. The predicted molar refractivity (Wildman–Crippen MR) is 107 cm³/mol. The summed E-state index contributed by atoms with van der Waals surface area (Å²) in [5.41, 5.74) is 3.90. The molecular weight excluding hydrogens is 362 g/mol. The molecule has 0 fully saturated rings. The lowest BCUT2D eigenvalue weighted by atomic mass is 9.98. The van der Waals surface area contributed by atoms with Crippen LogP contribution >= 0.6 is 11.3 Å². The van der Waals surface area contributed by atoms with Crippen molar-refractivity contribution in [2.75, 3.05) is 11.4 Å². The van der Waals surface area contributed by atoms with Gasteiger partial charge in [0.2, 0.25) is 0 Å². The molecule has 0 aliphatic carbocycles. The van der Waals surface area contributed by atoms with Crippen molar-refractivity contribution >= 4 is 33.2 Å². The number of aromatic amines is 1. The fourth-order valence-corrected chi connectivity index (χ4v) is 4.85. The summed E-state index contributed by atoms with van der Waals surface area (Å²) in [4.78, 5) is 34.5. The number of benzene rings is 1. The van der Waals surface area contributed by atoms with Gasteiger partial charge in [0, 0.05) is 12.2 Å². The Bertz CT molecular complexity index is 1120. The van der Waals surface area contributed by atoms with Crippen molar-refractivity contribution in [1.82, 2.24) is 9.97 Å². The molecule has 1 unspecified atom stereocenters. The van der Waals surface area contributed by atoms with Gasteiger partial charge in [0.1, 0.15) is 15.5 Å². The molecule has 3 aromatic rings. The number of aromatic nitrogens is 2.